The molecular weight excluding hydrogens is 401 g/mol. The smallest absolute Gasteiger partial charge is 0.270 e. The number of benzene rings is 1. The highest BCUT2D eigenvalue weighted by atomic mass is 35.5. The van der Waals surface area contributed by atoms with Crippen molar-refractivity contribution in [2.24, 2.45) is 5.41 Å². The van der Waals surface area contributed by atoms with Crippen LogP contribution in [0.1, 0.15) is 65.8 Å². The highest BCUT2D eigenvalue weighted by molar-refractivity contribution is 6.30. The molecule has 1 amide bonds. The number of hydrogen-bond donors (Lipinski definition) is 1. The normalized spacial score (nSPS) is 25.2. The molecule has 0 atom stereocenters. The van der Waals surface area contributed by atoms with Gasteiger partial charge < -0.3 is 5.32 Å². The lowest BCUT2D eigenvalue weighted by atomic mass is 9.50. The molecule has 0 unspecified atom stereocenters. The number of fused-ring (bicyclic) bond motifs is 1. The van der Waals surface area contributed by atoms with Crippen LogP contribution >= 0.6 is 11.6 Å². The number of pyridine rings is 1. The van der Waals surface area contributed by atoms with E-state index in [1.165, 1.54) is 5.56 Å². The molecule has 6 heteroatoms. The fourth-order valence-corrected chi connectivity index (χ4v) is 5.32. The summed E-state index contributed by atoms with van der Waals surface area (Å²) in [5, 5.41) is 3.58. The Balaban J connectivity index is 1.24. The van der Waals surface area contributed by atoms with Crippen molar-refractivity contribution in [3.8, 4) is 0 Å². The van der Waals surface area contributed by atoms with Crippen LogP contribution in [-0.4, -0.2) is 21.5 Å². The van der Waals surface area contributed by atoms with Crippen LogP contribution in [0.3, 0.4) is 0 Å². The fraction of sp³-hybridized carbons (Fsp3) is 0.417. The van der Waals surface area contributed by atoms with Crippen molar-refractivity contribution in [2.75, 3.05) is 0 Å². The highest BCUT2D eigenvalue weighted by Crippen LogP contribution is 2.62. The lowest BCUT2D eigenvalue weighted by Crippen LogP contribution is -2.47. The van der Waals surface area contributed by atoms with Gasteiger partial charge in [0.15, 0.2) is 0 Å². The summed E-state index contributed by atoms with van der Waals surface area (Å²) in [6, 6.07) is 12.0. The molecule has 2 heterocycles. The first-order valence-corrected chi connectivity index (χ1v) is 11.0. The van der Waals surface area contributed by atoms with E-state index < -0.39 is 6.17 Å². The SMILES string of the molecule is CCc1nc2ccc(Cl)cn2c1C(=O)NCc1ccc(C2CC3(CC(F)C3)C2)cc1. The molecule has 2 saturated carbocycles. The minimum Gasteiger partial charge on any atom is -0.347 e. The van der Waals surface area contributed by atoms with E-state index in [4.69, 9.17) is 11.6 Å². The maximum absolute atomic E-state index is 13.2. The summed E-state index contributed by atoms with van der Waals surface area (Å²) in [7, 11) is 0. The number of carbonyl (C=O) groups is 1. The van der Waals surface area contributed by atoms with Crippen LogP contribution in [0.5, 0.6) is 0 Å². The molecule has 0 aliphatic heterocycles. The summed E-state index contributed by atoms with van der Waals surface area (Å²) in [6.07, 6.45) is 5.55. The number of halogens is 2. The van der Waals surface area contributed by atoms with Gasteiger partial charge >= 0.3 is 0 Å². The Morgan fingerprint density at radius 1 is 1.20 bits per heavy atom. The summed E-state index contributed by atoms with van der Waals surface area (Å²) < 4.78 is 14.9. The second-order valence-corrected chi connectivity index (χ2v) is 9.31. The van der Waals surface area contributed by atoms with E-state index in [1.54, 1.807) is 16.7 Å². The van der Waals surface area contributed by atoms with Crippen LogP contribution in [0, 0.1) is 5.41 Å². The van der Waals surface area contributed by atoms with Crippen molar-refractivity contribution in [1.29, 1.82) is 0 Å². The molecule has 0 bridgehead atoms. The monoisotopic (exact) mass is 425 g/mol. The number of nitrogens with one attached hydrogen (secondary N) is 1. The largest absolute Gasteiger partial charge is 0.347 e. The topological polar surface area (TPSA) is 46.4 Å². The molecule has 1 N–H and O–H groups in total. The first kappa shape index (κ1) is 19.6. The molecule has 1 aromatic carbocycles. The minimum absolute atomic E-state index is 0.155. The van der Waals surface area contributed by atoms with Crippen LogP contribution < -0.4 is 5.32 Å². The van der Waals surface area contributed by atoms with Gasteiger partial charge in [0.05, 0.1) is 10.7 Å². The fourth-order valence-electron chi connectivity index (χ4n) is 5.16. The molecule has 0 radical (unpaired) electrons. The Morgan fingerprint density at radius 2 is 1.93 bits per heavy atom. The molecule has 2 aromatic heterocycles. The van der Waals surface area contributed by atoms with Crippen molar-refractivity contribution >= 4 is 23.2 Å². The molecule has 0 saturated heterocycles. The van der Waals surface area contributed by atoms with Gasteiger partial charge in [-0.1, -0.05) is 42.8 Å². The molecule has 2 aliphatic carbocycles. The molecule has 2 fully saturated rings. The van der Waals surface area contributed by atoms with Crippen molar-refractivity contribution in [1.82, 2.24) is 14.7 Å². The van der Waals surface area contributed by atoms with Crippen LogP contribution in [-0.2, 0) is 13.0 Å². The Bertz CT molecular complexity index is 1090. The summed E-state index contributed by atoms with van der Waals surface area (Å²) in [4.78, 5) is 17.4. The van der Waals surface area contributed by atoms with Gasteiger partial charge in [0.25, 0.3) is 5.91 Å². The number of carbonyl (C=O) groups excluding carboxylic acids is 1. The minimum atomic E-state index is -0.575. The van der Waals surface area contributed by atoms with Gasteiger partial charge in [-0.25, -0.2) is 9.37 Å². The van der Waals surface area contributed by atoms with Gasteiger partial charge in [0, 0.05) is 12.7 Å². The maximum Gasteiger partial charge on any atom is 0.270 e. The summed E-state index contributed by atoms with van der Waals surface area (Å²) in [5.41, 5.74) is 4.69. The van der Waals surface area contributed by atoms with Gasteiger partial charge in [-0.15, -0.1) is 0 Å². The molecule has 4 nitrogen and oxygen atoms in total. The maximum atomic E-state index is 13.2. The van der Waals surface area contributed by atoms with E-state index in [9.17, 15) is 9.18 Å². The Labute approximate surface area is 180 Å². The summed E-state index contributed by atoms with van der Waals surface area (Å²) >= 11 is 6.12. The third-order valence-corrected chi connectivity index (χ3v) is 7.00. The first-order chi connectivity index (χ1) is 14.5. The molecule has 156 valence electrons. The van der Waals surface area contributed by atoms with Gasteiger partial charge in [0.2, 0.25) is 0 Å². The number of amides is 1. The van der Waals surface area contributed by atoms with E-state index in [0.29, 0.717) is 35.0 Å². The third-order valence-electron chi connectivity index (χ3n) is 6.78. The zero-order chi connectivity index (χ0) is 20.9. The Kier molecular flexibility index (Phi) is 4.81. The molecule has 1 spiro atoms. The van der Waals surface area contributed by atoms with Crippen LogP contribution in [0.4, 0.5) is 4.39 Å². The Hall–Kier alpha value is -2.40. The molecule has 5 rings (SSSR count). The summed E-state index contributed by atoms with van der Waals surface area (Å²) in [6.45, 7) is 2.44. The molecule has 30 heavy (non-hydrogen) atoms. The van der Waals surface area contributed by atoms with Crippen LogP contribution in [0.25, 0.3) is 5.65 Å². The van der Waals surface area contributed by atoms with E-state index in [0.717, 1.165) is 42.6 Å². The average molecular weight is 426 g/mol. The number of rotatable bonds is 5. The number of alkyl halides is 1. The lowest BCUT2D eigenvalue weighted by Gasteiger charge is -2.55. The zero-order valence-electron chi connectivity index (χ0n) is 17.0. The van der Waals surface area contributed by atoms with Gasteiger partial charge in [-0.2, -0.15) is 0 Å². The van der Waals surface area contributed by atoms with Crippen LogP contribution in [0.2, 0.25) is 5.02 Å². The third kappa shape index (κ3) is 3.39. The van der Waals surface area contributed by atoms with Crippen molar-refractivity contribution in [2.45, 2.75) is 57.7 Å². The van der Waals surface area contributed by atoms with Gasteiger partial charge in [0.1, 0.15) is 17.5 Å². The zero-order valence-corrected chi connectivity index (χ0v) is 17.8. The number of aromatic nitrogens is 2. The molecular formula is C24H25ClFN3O. The van der Waals surface area contributed by atoms with Crippen molar-refractivity contribution in [3.05, 3.63) is 70.1 Å². The standard InChI is InChI=1S/C24H25ClFN3O/c1-2-20-22(29-14-18(25)7-8-21(29)28-20)23(30)27-13-15-3-5-16(6-4-15)17-9-24(10-17)11-19(26)12-24/h3-8,14,17,19H,2,9-13H2,1H3,(H,27,30). The van der Waals surface area contributed by atoms with E-state index in [1.807, 2.05) is 13.0 Å². The predicted octanol–water partition coefficient (Wildman–Crippen LogP) is 5.48. The van der Waals surface area contributed by atoms with Crippen LogP contribution in [0.15, 0.2) is 42.6 Å². The number of imidazole rings is 1. The quantitative estimate of drug-likeness (QED) is 0.588. The summed E-state index contributed by atoms with van der Waals surface area (Å²) in [5.74, 6) is 0.397. The van der Waals surface area contributed by atoms with Gasteiger partial charge in [-0.05, 0) is 66.7 Å². The Morgan fingerprint density at radius 3 is 2.60 bits per heavy atom. The lowest BCUT2D eigenvalue weighted by molar-refractivity contribution is -0.0554. The number of hydrogen-bond acceptors (Lipinski definition) is 2. The second-order valence-electron chi connectivity index (χ2n) is 8.87. The number of aryl methyl sites for hydroxylation is 1. The van der Waals surface area contributed by atoms with Crippen molar-refractivity contribution in [3.63, 3.8) is 0 Å². The van der Waals surface area contributed by atoms with E-state index in [2.05, 4.69) is 34.6 Å². The average Bonchev–Trinajstić information content (AvgIpc) is 3.06. The second kappa shape index (κ2) is 7.38. The number of nitrogens with zero attached hydrogens (tertiary/aromatic N) is 2. The van der Waals surface area contributed by atoms with E-state index >= 15 is 0 Å². The predicted molar refractivity (Wildman–Crippen MR) is 116 cm³/mol. The highest BCUT2D eigenvalue weighted by Gasteiger charge is 2.53. The van der Waals surface area contributed by atoms with Crippen molar-refractivity contribution < 1.29 is 9.18 Å². The van der Waals surface area contributed by atoms with E-state index in [-0.39, 0.29) is 5.91 Å². The molecule has 2 aliphatic rings. The first-order valence-electron chi connectivity index (χ1n) is 10.6. The van der Waals surface area contributed by atoms with Gasteiger partial charge in [-0.3, -0.25) is 9.20 Å². The molecule has 3 aromatic rings.